The Morgan fingerprint density at radius 1 is 1.40 bits per heavy atom. The molecule has 2 aliphatic rings. The molecular weight excluding hydrogens is 256 g/mol. The summed E-state index contributed by atoms with van der Waals surface area (Å²) in [5, 5.41) is 20.2. The summed E-state index contributed by atoms with van der Waals surface area (Å²) in [7, 11) is 0. The largest absolute Gasteiger partial charge is 0.491 e. The van der Waals surface area contributed by atoms with Gasteiger partial charge in [0.2, 0.25) is 0 Å². The molecule has 1 unspecified atom stereocenters. The van der Waals surface area contributed by atoms with Crippen molar-refractivity contribution in [1.82, 2.24) is 0 Å². The highest BCUT2D eigenvalue weighted by atomic mass is 16.5. The van der Waals surface area contributed by atoms with Crippen LogP contribution in [0.5, 0.6) is 0 Å². The van der Waals surface area contributed by atoms with Crippen molar-refractivity contribution in [1.29, 1.82) is 0 Å². The van der Waals surface area contributed by atoms with Crippen LogP contribution in [-0.4, -0.2) is 33.8 Å². The fourth-order valence-electron chi connectivity index (χ4n) is 2.90. The van der Waals surface area contributed by atoms with Gasteiger partial charge >= 0.3 is 0 Å². The molecule has 0 bridgehead atoms. The van der Waals surface area contributed by atoms with E-state index in [0.29, 0.717) is 24.2 Å². The molecule has 20 heavy (non-hydrogen) atoms. The Morgan fingerprint density at radius 2 is 2.05 bits per heavy atom. The zero-order valence-corrected chi connectivity index (χ0v) is 12.6. The maximum absolute atomic E-state index is 12.2. The first kappa shape index (κ1) is 15.3. The van der Waals surface area contributed by atoms with Crippen molar-refractivity contribution in [2.75, 3.05) is 0 Å². The standard InChI is InChI=1S/C16H24O4/c1-9(2)5-6-10-14(19)12(17)7-11-13(18)8-16(3,4)20-15(10)11/h5,10,12,14,17,19H,6-8H2,1-4H3/t10?,12-,14+/m0/s1. The number of allylic oxidation sites excluding steroid dienone is 2. The summed E-state index contributed by atoms with van der Waals surface area (Å²) in [6.45, 7) is 7.73. The minimum Gasteiger partial charge on any atom is -0.491 e. The van der Waals surface area contributed by atoms with Crippen LogP contribution in [-0.2, 0) is 9.53 Å². The summed E-state index contributed by atoms with van der Waals surface area (Å²) in [6, 6.07) is 0. The Morgan fingerprint density at radius 3 is 2.65 bits per heavy atom. The maximum Gasteiger partial charge on any atom is 0.166 e. The highest BCUT2D eigenvalue weighted by Crippen LogP contribution is 2.41. The van der Waals surface area contributed by atoms with Crippen LogP contribution >= 0.6 is 0 Å². The highest BCUT2D eigenvalue weighted by molar-refractivity contribution is 5.97. The molecule has 0 radical (unpaired) electrons. The molecule has 2 N–H and O–H groups in total. The highest BCUT2D eigenvalue weighted by Gasteiger charge is 2.44. The summed E-state index contributed by atoms with van der Waals surface area (Å²) in [6.07, 6.45) is 1.32. The van der Waals surface area contributed by atoms with Crippen molar-refractivity contribution >= 4 is 5.78 Å². The fraction of sp³-hybridized carbons (Fsp3) is 0.688. The van der Waals surface area contributed by atoms with E-state index in [1.807, 2.05) is 33.8 Å². The van der Waals surface area contributed by atoms with Crippen LogP contribution in [0.15, 0.2) is 23.0 Å². The van der Waals surface area contributed by atoms with Crippen molar-refractivity contribution in [3.05, 3.63) is 23.0 Å². The van der Waals surface area contributed by atoms with Gasteiger partial charge in [-0.15, -0.1) is 0 Å². The average Bonchev–Trinajstić information content (AvgIpc) is 2.30. The third kappa shape index (κ3) is 2.96. The topological polar surface area (TPSA) is 66.8 Å². The maximum atomic E-state index is 12.2. The molecule has 1 aliphatic carbocycles. The van der Waals surface area contributed by atoms with E-state index in [1.54, 1.807) is 0 Å². The number of ketones is 1. The van der Waals surface area contributed by atoms with Gasteiger partial charge in [0, 0.05) is 17.9 Å². The van der Waals surface area contributed by atoms with E-state index < -0.39 is 17.8 Å². The molecule has 4 nitrogen and oxygen atoms in total. The molecule has 0 aromatic heterocycles. The first-order chi connectivity index (χ1) is 9.21. The molecule has 0 aromatic carbocycles. The number of carbonyl (C=O) groups excluding carboxylic acids is 1. The summed E-state index contributed by atoms with van der Waals surface area (Å²) in [5.41, 5.74) is 1.16. The van der Waals surface area contributed by atoms with Gasteiger partial charge in [0.05, 0.1) is 18.6 Å². The molecule has 0 saturated carbocycles. The molecule has 1 aliphatic heterocycles. The van der Waals surface area contributed by atoms with Gasteiger partial charge in [-0.2, -0.15) is 0 Å². The van der Waals surface area contributed by atoms with Crippen LogP contribution in [0.25, 0.3) is 0 Å². The van der Waals surface area contributed by atoms with E-state index in [1.165, 1.54) is 0 Å². The van der Waals surface area contributed by atoms with Crippen LogP contribution in [0, 0.1) is 5.92 Å². The minimum absolute atomic E-state index is 0.0319. The first-order valence-electron chi connectivity index (χ1n) is 7.16. The molecule has 0 amide bonds. The van der Waals surface area contributed by atoms with E-state index in [0.717, 1.165) is 5.57 Å². The molecule has 1 heterocycles. The quantitative estimate of drug-likeness (QED) is 0.760. The van der Waals surface area contributed by atoms with Gasteiger partial charge < -0.3 is 14.9 Å². The number of aliphatic hydroxyl groups excluding tert-OH is 2. The Bertz CT molecular complexity index is 469. The van der Waals surface area contributed by atoms with Gasteiger partial charge in [0.1, 0.15) is 11.4 Å². The Kier molecular flexibility index (Phi) is 4.07. The predicted molar refractivity (Wildman–Crippen MR) is 76.0 cm³/mol. The average molecular weight is 280 g/mol. The number of Topliss-reactive ketones (excluding diaryl/α,β-unsaturated/α-hetero) is 1. The lowest BCUT2D eigenvalue weighted by Crippen LogP contribution is -2.46. The van der Waals surface area contributed by atoms with Gasteiger partial charge in [-0.1, -0.05) is 11.6 Å². The summed E-state index contributed by atoms with van der Waals surface area (Å²) < 4.78 is 5.97. The van der Waals surface area contributed by atoms with Gasteiger partial charge in [0.15, 0.2) is 5.78 Å². The summed E-state index contributed by atoms with van der Waals surface area (Å²) in [5.74, 6) is 0.276. The zero-order chi connectivity index (χ0) is 15.1. The van der Waals surface area contributed by atoms with Crippen molar-refractivity contribution in [3.8, 4) is 0 Å². The second-order valence-corrected chi connectivity index (χ2v) is 6.69. The van der Waals surface area contributed by atoms with Crippen LogP contribution < -0.4 is 0 Å². The van der Waals surface area contributed by atoms with Crippen molar-refractivity contribution in [2.24, 2.45) is 5.92 Å². The number of hydrogen-bond acceptors (Lipinski definition) is 4. The summed E-state index contributed by atoms with van der Waals surface area (Å²) in [4.78, 5) is 12.2. The van der Waals surface area contributed by atoms with Gasteiger partial charge in [-0.05, 0) is 34.1 Å². The fourth-order valence-corrected chi connectivity index (χ4v) is 2.90. The smallest absolute Gasteiger partial charge is 0.166 e. The Hall–Kier alpha value is -1.13. The lowest BCUT2D eigenvalue weighted by atomic mass is 9.77. The monoisotopic (exact) mass is 280 g/mol. The van der Waals surface area contributed by atoms with Gasteiger partial charge in [-0.25, -0.2) is 0 Å². The normalized spacial score (nSPS) is 32.5. The van der Waals surface area contributed by atoms with E-state index in [2.05, 4.69) is 0 Å². The molecule has 4 heteroatoms. The van der Waals surface area contributed by atoms with E-state index in [9.17, 15) is 15.0 Å². The predicted octanol–water partition coefficient (Wildman–Crippen LogP) is 2.11. The number of rotatable bonds is 2. The molecule has 2 rings (SSSR count). The molecular formula is C16H24O4. The van der Waals surface area contributed by atoms with Crippen LogP contribution in [0.4, 0.5) is 0 Å². The van der Waals surface area contributed by atoms with Crippen molar-refractivity contribution in [3.63, 3.8) is 0 Å². The Labute approximate surface area is 120 Å². The number of aliphatic hydroxyl groups is 2. The van der Waals surface area contributed by atoms with Crippen LogP contribution in [0.1, 0.15) is 47.0 Å². The molecule has 112 valence electrons. The second-order valence-electron chi connectivity index (χ2n) is 6.69. The van der Waals surface area contributed by atoms with Crippen molar-refractivity contribution < 1.29 is 19.7 Å². The molecule has 3 atom stereocenters. The number of hydrogen-bond donors (Lipinski definition) is 2. The van der Waals surface area contributed by atoms with E-state index in [4.69, 9.17) is 4.74 Å². The molecule has 0 spiro atoms. The minimum atomic E-state index is -0.891. The third-order valence-electron chi connectivity index (χ3n) is 3.94. The molecule has 0 fully saturated rings. The Balaban J connectivity index is 2.38. The molecule has 0 saturated heterocycles. The second kappa shape index (κ2) is 5.34. The number of ether oxygens (including phenoxy) is 1. The lowest BCUT2D eigenvalue weighted by molar-refractivity contribution is -0.129. The van der Waals surface area contributed by atoms with Crippen molar-refractivity contribution in [2.45, 2.75) is 64.8 Å². The zero-order valence-electron chi connectivity index (χ0n) is 12.6. The first-order valence-corrected chi connectivity index (χ1v) is 7.16. The third-order valence-corrected chi connectivity index (χ3v) is 3.94. The van der Waals surface area contributed by atoms with Gasteiger partial charge in [0.25, 0.3) is 0 Å². The number of carbonyl (C=O) groups is 1. The lowest BCUT2D eigenvalue weighted by Gasteiger charge is -2.42. The van der Waals surface area contributed by atoms with E-state index in [-0.39, 0.29) is 18.1 Å². The summed E-state index contributed by atoms with van der Waals surface area (Å²) >= 11 is 0. The van der Waals surface area contributed by atoms with E-state index >= 15 is 0 Å². The van der Waals surface area contributed by atoms with Crippen LogP contribution in [0.2, 0.25) is 0 Å². The van der Waals surface area contributed by atoms with Gasteiger partial charge in [-0.3, -0.25) is 4.79 Å². The SMILES string of the molecule is CC(C)=CCC1C2=C(C[C@H](O)[C@@H]1O)C(=O)CC(C)(C)O2. The van der Waals surface area contributed by atoms with Crippen LogP contribution in [0.3, 0.4) is 0 Å². The molecule has 0 aromatic rings.